The van der Waals surface area contributed by atoms with E-state index in [0.29, 0.717) is 5.01 Å². The number of amides is 1. The fraction of sp³-hybridized carbons (Fsp3) is 0.250. The SMILES string of the molecule is NN1C(=O)C(C(=O)OCc2ccccc2)C1C(=O)O. The van der Waals surface area contributed by atoms with Gasteiger partial charge in [-0.1, -0.05) is 30.3 Å². The molecule has 0 aliphatic carbocycles. The lowest BCUT2D eigenvalue weighted by Crippen LogP contribution is -2.69. The lowest BCUT2D eigenvalue weighted by Gasteiger charge is -2.39. The van der Waals surface area contributed by atoms with Crippen LogP contribution in [0.1, 0.15) is 5.56 Å². The summed E-state index contributed by atoms with van der Waals surface area (Å²) < 4.78 is 4.93. The first-order chi connectivity index (χ1) is 9.02. The minimum Gasteiger partial charge on any atom is -0.480 e. The van der Waals surface area contributed by atoms with Gasteiger partial charge in [-0.3, -0.25) is 14.6 Å². The van der Waals surface area contributed by atoms with Crippen LogP contribution in [0.2, 0.25) is 0 Å². The number of esters is 1. The zero-order valence-electron chi connectivity index (χ0n) is 9.85. The number of nitrogens with two attached hydrogens (primary N) is 1. The first-order valence-electron chi connectivity index (χ1n) is 5.53. The molecule has 0 bridgehead atoms. The van der Waals surface area contributed by atoms with E-state index in [1.54, 1.807) is 24.3 Å². The average Bonchev–Trinajstić information content (AvgIpc) is 2.41. The van der Waals surface area contributed by atoms with Gasteiger partial charge in [-0.15, -0.1) is 0 Å². The van der Waals surface area contributed by atoms with E-state index in [2.05, 4.69) is 0 Å². The van der Waals surface area contributed by atoms with Crippen LogP contribution in [0.3, 0.4) is 0 Å². The third-order valence-corrected chi connectivity index (χ3v) is 2.87. The van der Waals surface area contributed by atoms with Crippen molar-refractivity contribution in [3.63, 3.8) is 0 Å². The van der Waals surface area contributed by atoms with E-state index in [0.717, 1.165) is 5.56 Å². The Balaban J connectivity index is 1.97. The fourth-order valence-electron chi connectivity index (χ4n) is 1.82. The topological polar surface area (TPSA) is 110 Å². The molecule has 0 spiro atoms. The summed E-state index contributed by atoms with van der Waals surface area (Å²) in [4.78, 5) is 33.9. The van der Waals surface area contributed by atoms with Crippen molar-refractivity contribution in [2.24, 2.45) is 11.8 Å². The highest BCUT2D eigenvalue weighted by Crippen LogP contribution is 2.25. The van der Waals surface area contributed by atoms with E-state index in [1.165, 1.54) is 0 Å². The number of carboxylic acid groups (broad SMARTS) is 1. The average molecular weight is 264 g/mol. The van der Waals surface area contributed by atoms with E-state index < -0.39 is 29.8 Å². The number of carbonyl (C=O) groups is 3. The number of β-lactam (4-membered cyclic amide) rings is 1. The van der Waals surface area contributed by atoms with Crippen LogP contribution in [0.5, 0.6) is 0 Å². The molecule has 1 aromatic carbocycles. The number of nitrogens with zero attached hydrogens (tertiary/aromatic N) is 1. The maximum atomic E-state index is 11.7. The Labute approximate surface area is 108 Å². The Bertz CT molecular complexity index is 516. The van der Waals surface area contributed by atoms with Crippen LogP contribution in [0.25, 0.3) is 0 Å². The number of carboxylic acids is 1. The van der Waals surface area contributed by atoms with Crippen molar-refractivity contribution >= 4 is 17.8 Å². The van der Waals surface area contributed by atoms with Crippen molar-refractivity contribution < 1.29 is 24.2 Å². The molecular weight excluding hydrogens is 252 g/mol. The summed E-state index contributed by atoms with van der Waals surface area (Å²) in [6.07, 6.45) is 0. The molecule has 0 saturated carbocycles. The third kappa shape index (κ3) is 2.41. The van der Waals surface area contributed by atoms with Gasteiger partial charge in [0.05, 0.1) is 0 Å². The van der Waals surface area contributed by atoms with Gasteiger partial charge in [0.1, 0.15) is 6.61 Å². The number of ether oxygens (including phenoxy) is 1. The van der Waals surface area contributed by atoms with Gasteiger partial charge in [-0.2, -0.15) is 0 Å². The van der Waals surface area contributed by atoms with Gasteiger partial charge >= 0.3 is 11.9 Å². The number of aliphatic carboxylic acids is 1. The standard InChI is InChI=1S/C12H12N2O5/c13-14-9(11(16)17)8(10(14)15)12(18)19-6-7-4-2-1-3-5-7/h1-5,8-9H,6,13H2,(H,16,17). The maximum Gasteiger partial charge on any atom is 0.329 e. The molecule has 1 amide bonds. The summed E-state index contributed by atoms with van der Waals surface area (Å²) >= 11 is 0. The molecule has 19 heavy (non-hydrogen) atoms. The summed E-state index contributed by atoms with van der Waals surface area (Å²) in [6.45, 7) is -0.0135. The second kappa shape index (κ2) is 5.07. The van der Waals surface area contributed by atoms with E-state index in [1.807, 2.05) is 6.07 Å². The van der Waals surface area contributed by atoms with Gasteiger partial charge in [0, 0.05) is 0 Å². The molecule has 100 valence electrons. The van der Waals surface area contributed by atoms with E-state index in [9.17, 15) is 14.4 Å². The summed E-state index contributed by atoms with van der Waals surface area (Å²) in [7, 11) is 0. The van der Waals surface area contributed by atoms with Crippen LogP contribution in [0, 0.1) is 5.92 Å². The van der Waals surface area contributed by atoms with E-state index >= 15 is 0 Å². The molecule has 1 aliphatic heterocycles. The molecule has 0 aromatic heterocycles. The number of hydrazine groups is 1. The molecule has 0 radical (unpaired) electrons. The van der Waals surface area contributed by atoms with Crippen LogP contribution in [0.15, 0.2) is 30.3 Å². The monoisotopic (exact) mass is 264 g/mol. The molecular formula is C12H12N2O5. The minimum absolute atomic E-state index is 0.0135. The number of benzene rings is 1. The third-order valence-electron chi connectivity index (χ3n) is 2.87. The first kappa shape index (κ1) is 13.0. The normalized spacial score (nSPS) is 21.7. The Morgan fingerprint density at radius 3 is 2.53 bits per heavy atom. The molecule has 2 unspecified atom stereocenters. The largest absolute Gasteiger partial charge is 0.480 e. The fourth-order valence-corrected chi connectivity index (χ4v) is 1.82. The maximum absolute atomic E-state index is 11.7. The Morgan fingerprint density at radius 2 is 1.95 bits per heavy atom. The van der Waals surface area contributed by atoms with Gasteiger partial charge in [0.2, 0.25) is 0 Å². The Morgan fingerprint density at radius 1 is 1.32 bits per heavy atom. The van der Waals surface area contributed by atoms with Crippen LogP contribution in [-0.2, 0) is 25.7 Å². The second-order valence-electron chi connectivity index (χ2n) is 4.10. The molecule has 7 nitrogen and oxygen atoms in total. The first-order valence-corrected chi connectivity index (χ1v) is 5.53. The predicted molar refractivity (Wildman–Crippen MR) is 62.2 cm³/mol. The number of rotatable bonds is 4. The van der Waals surface area contributed by atoms with Gasteiger partial charge in [0.15, 0.2) is 12.0 Å². The lowest BCUT2D eigenvalue weighted by molar-refractivity contribution is -0.182. The molecule has 1 aliphatic rings. The number of hydrogen-bond donors (Lipinski definition) is 2. The predicted octanol–water partition coefficient (Wildman–Crippen LogP) is -0.485. The summed E-state index contributed by atoms with van der Waals surface area (Å²) in [5.74, 6) is 0.895. The van der Waals surface area contributed by atoms with Crippen LogP contribution < -0.4 is 5.84 Å². The van der Waals surface area contributed by atoms with Gasteiger partial charge in [-0.05, 0) is 5.56 Å². The van der Waals surface area contributed by atoms with Crippen LogP contribution in [-0.4, -0.2) is 34.0 Å². The quantitative estimate of drug-likeness (QED) is 0.250. The molecule has 1 aromatic rings. The number of carbonyl (C=O) groups excluding carboxylic acids is 2. The second-order valence-corrected chi connectivity index (χ2v) is 4.10. The van der Waals surface area contributed by atoms with Crippen molar-refractivity contribution in [3.05, 3.63) is 35.9 Å². The van der Waals surface area contributed by atoms with Crippen molar-refractivity contribution in [2.75, 3.05) is 0 Å². The van der Waals surface area contributed by atoms with Crippen LogP contribution >= 0.6 is 0 Å². The van der Waals surface area contributed by atoms with Crippen molar-refractivity contribution in [1.29, 1.82) is 0 Å². The van der Waals surface area contributed by atoms with Gasteiger partial charge < -0.3 is 9.84 Å². The highest BCUT2D eigenvalue weighted by atomic mass is 16.5. The van der Waals surface area contributed by atoms with Crippen molar-refractivity contribution in [3.8, 4) is 0 Å². The highest BCUT2D eigenvalue weighted by Gasteiger charge is 2.55. The lowest BCUT2D eigenvalue weighted by atomic mass is 9.89. The molecule has 3 N–H and O–H groups in total. The van der Waals surface area contributed by atoms with Crippen molar-refractivity contribution in [2.45, 2.75) is 12.6 Å². The zero-order valence-corrected chi connectivity index (χ0v) is 9.85. The molecule has 1 fully saturated rings. The Hall–Kier alpha value is -2.41. The Kier molecular flexibility index (Phi) is 3.48. The molecule has 7 heteroatoms. The zero-order chi connectivity index (χ0) is 14.0. The number of hydrogen-bond acceptors (Lipinski definition) is 5. The molecule has 2 atom stereocenters. The summed E-state index contributed by atoms with van der Waals surface area (Å²) in [6, 6.07) is 7.52. The van der Waals surface area contributed by atoms with E-state index in [4.69, 9.17) is 15.7 Å². The molecule has 1 saturated heterocycles. The van der Waals surface area contributed by atoms with E-state index in [-0.39, 0.29) is 6.61 Å². The molecule has 1 heterocycles. The minimum atomic E-state index is -1.36. The van der Waals surface area contributed by atoms with Crippen molar-refractivity contribution in [1.82, 2.24) is 5.01 Å². The van der Waals surface area contributed by atoms with Crippen LogP contribution in [0.4, 0.5) is 0 Å². The van der Waals surface area contributed by atoms with Gasteiger partial charge in [0.25, 0.3) is 5.91 Å². The highest BCUT2D eigenvalue weighted by molar-refractivity contribution is 6.09. The summed E-state index contributed by atoms with van der Waals surface area (Å²) in [5.41, 5.74) is 0.749. The molecule has 2 rings (SSSR count). The smallest absolute Gasteiger partial charge is 0.329 e. The van der Waals surface area contributed by atoms with Gasteiger partial charge in [-0.25, -0.2) is 10.6 Å². The summed E-state index contributed by atoms with van der Waals surface area (Å²) in [5, 5.41) is 9.37.